The van der Waals surface area contributed by atoms with Crippen molar-refractivity contribution in [1.82, 2.24) is 9.55 Å². The Labute approximate surface area is 118 Å². The van der Waals surface area contributed by atoms with Gasteiger partial charge in [0.05, 0.1) is 7.11 Å². The predicted octanol–water partition coefficient (Wildman–Crippen LogP) is 1.98. The molecule has 0 unspecified atom stereocenters. The number of hydrogen-bond acceptors (Lipinski definition) is 5. The lowest BCUT2D eigenvalue weighted by molar-refractivity contribution is 0.386. The van der Waals surface area contributed by atoms with E-state index in [0.29, 0.717) is 11.6 Å². The van der Waals surface area contributed by atoms with Crippen molar-refractivity contribution in [3.05, 3.63) is 10.4 Å². The van der Waals surface area contributed by atoms with E-state index in [0.717, 1.165) is 43.4 Å². The average Bonchev–Trinajstić information content (AvgIpc) is 2.87. The smallest absolute Gasteiger partial charge is 0.281 e. The minimum Gasteiger partial charge on any atom is -0.479 e. The van der Waals surface area contributed by atoms with Gasteiger partial charge in [-0.05, 0) is 12.8 Å². The molecule has 0 fully saturated rings. The SMILES string of the molecule is CCCN(CCC)c1c(OC)nc2n(c1=O)CCS2. The third kappa shape index (κ3) is 2.73. The fourth-order valence-electron chi connectivity index (χ4n) is 2.33. The van der Waals surface area contributed by atoms with Crippen molar-refractivity contribution in [2.24, 2.45) is 0 Å². The molecular formula is C13H21N3O2S. The highest BCUT2D eigenvalue weighted by atomic mass is 32.2. The van der Waals surface area contributed by atoms with Gasteiger partial charge < -0.3 is 9.64 Å². The molecule has 0 aliphatic carbocycles. The maximum Gasteiger partial charge on any atom is 0.281 e. The Hall–Kier alpha value is -1.17. The number of methoxy groups -OCH3 is 1. The lowest BCUT2D eigenvalue weighted by Crippen LogP contribution is -2.34. The van der Waals surface area contributed by atoms with E-state index in [1.54, 1.807) is 23.4 Å². The summed E-state index contributed by atoms with van der Waals surface area (Å²) in [5.74, 6) is 1.38. The minimum atomic E-state index is 0.0359. The summed E-state index contributed by atoms with van der Waals surface area (Å²) in [6.45, 7) is 6.68. The Kier molecular flexibility index (Phi) is 4.74. The maximum atomic E-state index is 12.6. The first-order chi connectivity index (χ1) is 9.22. The van der Waals surface area contributed by atoms with Crippen LogP contribution in [0.2, 0.25) is 0 Å². The molecule has 2 rings (SSSR count). The molecule has 0 atom stereocenters. The van der Waals surface area contributed by atoms with Gasteiger partial charge in [0, 0.05) is 25.4 Å². The molecule has 0 N–H and O–H groups in total. The molecule has 0 amide bonds. The van der Waals surface area contributed by atoms with Crippen LogP contribution in [0.25, 0.3) is 0 Å². The summed E-state index contributed by atoms with van der Waals surface area (Å²) in [6, 6.07) is 0. The number of hydrogen-bond donors (Lipinski definition) is 0. The largest absolute Gasteiger partial charge is 0.479 e. The Morgan fingerprint density at radius 2 is 2.05 bits per heavy atom. The maximum absolute atomic E-state index is 12.6. The molecule has 5 nitrogen and oxygen atoms in total. The highest BCUT2D eigenvalue weighted by Crippen LogP contribution is 2.29. The van der Waals surface area contributed by atoms with Crippen molar-refractivity contribution >= 4 is 17.4 Å². The van der Waals surface area contributed by atoms with Crippen LogP contribution in [0.5, 0.6) is 5.88 Å². The molecule has 1 aliphatic heterocycles. The molecule has 0 aromatic carbocycles. The zero-order valence-corrected chi connectivity index (χ0v) is 12.6. The number of ether oxygens (including phenoxy) is 1. The van der Waals surface area contributed by atoms with Gasteiger partial charge in [0.1, 0.15) is 0 Å². The third-order valence-electron chi connectivity index (χ3n) is 3.12. The highest BCUT2D eigenvalue weighted by Gasteiger charge is 2.24. The summed E-state index contributed by atoms with van der Waals surface area (Å²) in [5.41, 5.74) is 0.659. The average molecular weight is 283 g/mol. The van der Waals surface area contributed by atoms with Crippen LogP contribution in [0, 0.1) is 0 Å². The van der Waals surface area contributed by atoms with Crippen molar-refractivity contribution in [3.63, 3.8) is 0 Å². The Morgan fingerprint density at radius 1 is 1.37 bits per heavy atom. The van der Waals surface area contributed by atoms with Gasteiger partial charge in [0.2, 0.25) is 5.88 Å². The lowest BCUT2D eigenvalue weighted by atomic mass is 10.3. The molecule has 0 saturated carbocycles. The summed E-state index contributed by atoms with van der Waals surface area (Å²) in [6.07, 6.45) is 2.00. The molecule has 0 bridgehead atoms. The topological polar surface area (TPSA) is 47.4 Å². The van der Waals surface area contributed by atoms with E-state index in [2.05, 4.69) is 23.7 Å². The van der Waals surface area contributed by atoms with Crippen LogP contribution in [-0.4, -0.2) is 35.5 Å². The first kappa shape index (κ1) is 14.2. The Bertz CT molecular complexity index is 495. The van der Waals surface area contributed by atoms with Gasteiger partial charge in [-0.3, -0.25) is 9.36 Å². The van der Waals surface area contributed by atoms with E-state index < -0.39 is 0 Å². The van der Waals surface area contributed by atoms with Gasteiger partial charge in [-0.1, -0.05) is 25.6 Å². The number of thioether (sulfide) groups is 1. The van der Waals surface area contributed by atoms with E-state index in [1.165, 1.54) is 0 Å². The van der Waals surface area contributed by atoms with Gasteiger partial charge >= 0.3 is 0 Å². The summed E-state index contributed by atoms with van der Waals surface area (Å²) >= 11 is 1.61. The molecule has 19 heavy (non-hydrogen) atoms. The molecule has 0 saturated heterocycles. The highest BCUT2D eigenvalue weighted by molar-refractivity contribution is 7.99. The lowest BCUT2D eigenvalue weighted by Gasteiger charge is -2.24. The second kappa shape index (κ2) is 6.32. The van der Waals surface area contributed by atoms with Crippen molar-refractivity contribution < 1.29 is 4.74 Å². The van der Waals surface area contributed by atoms with Crippen molar-refractivity contribution in [3.8, 4) is 5.88 Å². The predicted molar refractivity (Wildman–Crippen MR) is 78.6 cm³/mol. The number of fused-ring (bicyclic) bond motifs is 1. The van der Waals surface area contributed by atoms with Crippen LogP contribution < -0.4 is 15.2 Å². The zero-order chi connectivity index (χ0) is 13.8. The van der Waals surface area contributed by atoms with Gasteiger partial charge in [0.15, 0.2) is 10.8 Å². The van der Waals surface area contributed by atoms with E-state index in [9.17, 15) is 4.79 Å². The van der Waals surface area contributed by atoms with E-state index in [1.807, 2.05) is 0 Å². The molecular weight excluding hydrogens is 262 g/mol. The number of aromatic nitrogens is 2. The third-order valence-corrected chi connectivity index (χ3v) is 4.08. The molecule has 1 aromatic rings. The van der Waals surface area contributed by atoms with Gasteiger partial charge in [-0.25, -0.2) is 0 Å². The number of rotatable bonds is 6. The summed E-state index contributed by atoms with van der Waals surface area (Å²) < 4.78 is 7.11. The van der Waals surface area contributed by atoms with Crippen LogP contribution in [0.3, 0.4) is 0 Å². The van der Waals surface area contributed by atoms with E-state index in [4.69, 9.17) is 4.74 Å². The molecule has 0 radical (unpaired) electrons. The summed E-state index contributed by atoms with van der Waals surface area (Å²) in [4.78, 5) is 19.2. The number of anilines is 1. The first-order valence-corrected chi connectivity index (χ1v) is 7.78. The molecule has 1 aliphatic rings. The molecule has 106 valence electrons. The standard InChI is InChI=1S/C13H21N3O2S/c1-4-6-15(7-5-2)10-11(18-3)14-13-16(12(10)17)8-9-19-13/h4-9H2,1-3H3. The van der Waals surface area contributed by atoms with Gasteiger partial charge in [-0.15, -0.1) is 0 Å². The fraction of sp³-hybridized carbons (Fsp3) is 0.692. The summed E-state index contributed by atoms with van der Waals surface area (Å²) in [7, 11) is 1.58. The second-order valence-corrected chi connectivity index (χ2v) is 5.61. The molecule has 0 spiro atoms. The first-order valence-electron chi connectivity index (χ1n) is 6.79. The Balaban J connectivity index is 2.50. The summed E-state index contributed by atoms with van der Waals surface area (Å²) in [5, 5.41) is 0.776. The normalized spacial score (nSPS) is 13.4. The molecule has 2 heterocycles. The Morgan fingerprint density at radius 3 is 2.63 bits per heavy atom. The van der Waals surface area contributed by atoms with Crippen LogP contribution in [-0.2, 0) is 6.54 Å². The van der Waals surface area contributed by atoms with Crippen LogP contribution in [0.15, 0.2) is 9.95 Å². The van der Waals surface area contributed by atoms with Crippen LogP contribution >= 0.6 is 11.8 Å². The molecule has 6 heteroatoms. The quantitative estimate of drug-likeness (QED) is 0.747. The van der Waals surface area contributed by atoms with Crippen molar-refractivity contribution in [2.75, 3.05) is 30.9 Å². The number of nitrogens with zero attached hydrogens (tertiary/aromatic N) is 3. The van der Waals surface area contributed by atoms with Crippen LogP contribution in [0.1, 0.15) is 26.7 Å². The second-order valence-electron chi connectivity index (χ2n) is 4.54. The van der Waals surface area contributed by atoms with Crippen LogP contribution in [0.4, 0.5) is 5.69 Å². The van der Waals surface area contributed by atoms with Gasteiger partial charge in [0.25, 0.3) is 5.56 Å². The van der Waals surface area contributed by atoms with Crippen molar-refractivity contribution in [1.29, 1.82) is 0 Å². The minimum absolute atomic E-state index is 0.0359. The van der Waals surface area contributed by atoms with Gasteiger partial charge in [-0.2, -0.15) is 4.98 Å². The fourth-order valence-corrected chi connectivity index (χ4v) is 3.26. The zero-order valence-electron chi connectivity index (χ0n) is 11.8. The molecule has 1 aromatic heterocycles. The van der Waals surface area contributed by atoms with E-state index >= 15 is 0 Å². The van der Waals surface area contributed by atoms with E-state index in [-0.39, 0.29) is 5.56 Å². The monoisotopic (exact) mass is 283 g/mol. The van der Waals surface area contributed by atoms with Crippen molar-refractivity contribution in [2.45, 2.75) is 38.4 Å².